The van der Waals surface area contributed by atoms with Crippen molar-refractivity contribution >= 4 is 28.8 Å². The number of ketones is 1. The van der Waals surface area contributed by atoms with Gasteiger partial charge in [-0.25, -0.2) is 4.79 Å². The molecule has 98 valence electrons. The van der Waals surface area contributed by atoms with Crippen LogP contribution in [0.1, 0.15) is 9.67 Å². The van der Waals surface area contributed by atoms with Crippen molar-refractivity contribution in [2.24, 2.45) is 0 Å². The maximum Gasteiger partial charge on any atom is 0.454 e. The summed E-state index contributed by atoms with van der Waals surface area (Å²) in [6.07, 6.45) is -3.74. The first-order valence-electron chi connectivity index (χ1n) is 4.56. The van der Waals surface area contributed by atoms with E-state index in [4.69, 9.17) is 0 Å². The second kappa shape index (κ2) is 5.67. The van der Waals surface area contributed by atoms with Gasteiger partial charge in [-0.15, -0.1) is 11.3 Å². The summed E-state index contributed by atoms with van der Waals surface area (Å²) in [7, 11) is 1.19. The summed E-state index contributed by atoms with van der Waals surface area (Å²) >= 11 is 1.07. The Balaban J connectivity index is 2.70. The molecule has 4 nitrogen and oxygen atoms in total. The van der Waals surface area contributed by atoms with Crippen molar-refractivity contribution in [1.82, 2.24) is 0 Å². The predicted molar refractivity (Wildman–Crippen MR) is 59.5 cm³/mol. The van der Waals surface area contributed by atoms with Crippen LogP contribution in [0.3, 0.4) is 0 Å². The molecule has 18 heavy (non-hydrogen) atoms. The van der Waals surface area contributed by atoms with E-state index < -0.39 is 17.9 Å². The van der Waals surface area contributed by atoms with Crippen LogP contribution in [0.15, 0.2) is 23.7 Å². The number of allylic oxidation sites excluding steroid dienone is 1. The third kappa shape index (κ3) is 3.59. The third-order valence-electron chi connectivity index (χ3n) is 1.79. The van der Waals surface area contributed by atoms with E-state index in [1.165, 1.54) is 13.2 Å². The molecule has 0 spiro atoms. The number of carbonyl (C=O) groups is 2. The molecule has 0 aliphatic rings. The normalized spacial score (nSPS) is 11.6. The standard InChI is InChI=1S/C10H8F3NO3S/c1-17-9(16)8-6(3-5-18-8)14-4-2-7(15)10(11,12)13/h2-5,14H,1H3. The Morgan fingerprint density at radius 2 is 2.11 bits per heavy atom. The van der Waals surface area contributed by atoms with Gasteiger partial charge in [-0.05, 0) is 11.4 Å². The smallest absolute Gasteiger partial charge is 0.454 e. The highest BCUT2D eigenvalue weighted by Crippen LogP contribution is 2.23. The van der Waals surface area contributed by atoms with Crippen molar-refractivity contribution in [3.05, 3.63) is 28.6 Å². The molecule has 0 unspecified atom stereocenters. The molecular formula is C10H8F3NO3S. The average molecular weight is 279 g/mol. The van der Waals surface area contributed by atoms with Crippen LogP contribution in [0, 0.1) is 0 Å². The van der Waals surface area contributed by atoms with Gasteiger partial charge < -0.3 is 10.1 Å². The first-order valence-corrected chi connectivity index (χ1v) is 5.44. The van der Waals surface area contributed by atoms with Crippen LogP contribution >= 0.6 is 11.3 Å². The number of hydrogen-bond acceptors (Lipinski definition) is 5. The Morgan fingerprint density at radius 1 is 1.44 bits per heavy atom. The van der Waals surface area contributed by atoms with Gasteiger partial charge in [-0.3, -0.25) is 4.79 Å². The van der Waals surface area contributed by atoms with Crippen molar-refractivity contribution < 1.29 is 27.5 Å². The van der Waals surface area contributed by atoms with Crippen LogP contribution in [0.4, 0.5) is 18.9 Å². The number of esters is 1. The number of thiophene rings is 1. The van der Waals surface area contributed by atoms with Gasteiger partial charge in [0.2, 0.25) is 0 Å². The van der Waals surface area contributed by atoms with E-state index in [2.05, 4.69) is 10.1 Å². The first kappa shape index (κ1) is 14.2. The first-order chi connectivity index (χ1) is 8.36. The Kier molecular flexibility index (Phi) is 4.49. The zero-order valence-corrected chi connectivity index (χ0v) is 9.89. The SMILES string of the molecule is COC(=O)c1sccc1NC=CC(=O)C(F)(F)F. The molecule has 0 aromatic carbocycles. The van der Waals surface area contributed by atoms with E-state index in [0.717, 1.165) is 17.5 Å². The summed E-state index contributed by atoms with van der Waals surface area (Å²) < 4.78 is 40.1. The zero-order chi connectivity index (χ0) is 13.8. The molecule has 0 bridgehead atoms. The highest BCUT2D eigenvalue weighted by molar-refractivity contribution is 7.12. The molecule has 0 amide bonds. The minimum Gasteiger partial charge on any atom is -0.465 e. The van der Waals surface area contributed by atoms with Gasteiger partial charge in [0.25, 0.3) is 5.78 Å². The zero-order valence-electron chi connectivity index (χ0n) is 9.08. The van der Waals surface area contributed by atoms with Crippen molar-refractivity contribution in [3.8, 4) is 0 Å². The molecule has 0 aliphatic heterocycles. The van der Waals surface area contributed by atoms with E-state index in [1.807, 2.05) is 0 Å². The molecule has 1 N–H and O–H groups in total. The maximum absolute atomic E-state index is 11.9. The monoisotopic (exact) mass is 279 g/mol. The number of hydrogen-bond donors (Lipinski definition) is 1. The van der Waals surface area contributed by atoms with E-state index in [-0.39, 0.29) is 10.6 Å². The molecule has 0 aliphatic carbocycles. The van der Waals surface area contributed by atoms with E-state index in [0.29, 0.717) is 6.08 Å². The minimum absolute atomic E-state index is 0.210. The van der Waals surface area contributed by atoms with Gasteiger partial charge in [0.1, 0.15) is 4.88 Å². The fourth-order valence-corrected chi connectivity index (χ4v) is 1.75. The highest BCUT2D eigenvalue weighted by atomic mass is 32.1. The number of alkyl halides is 3. The quantitative estimate of drug-likeness (QED) is 0.680. The minimum atomic E-state index is -4.90. The summed E-state index contributed by atoms with van der Waals surface area (Å²) in [5.41, 5.74) is 0.276. The van der Waals surface area contributed by atoms with Crippen LogP contribution in [-0.2, 0) is 9.53 Å². The van der Waals surface area contributed by atoms with Gasteiger partial charge in [0.05, 0.1) is 12.8 Å². The van der Waals surface area contributed by atoms with Gasteiger partial charge in [0, 0.05) is 12.3 Å². The molecule has 0 saturated carbocycles. The number of nitrogens with one attached hydrogen (secondary N) is 1. The molecule has 0 radical (unpaired) electrons. The van der Waals surface area contributed by atoms with Gasteiger partial charge in [0.15, 0.2) is 0 Å². The van der Waals surface area contributed by atoms with Crippen LogP contribution in [-0.4, -0.2) is 25.0 Å². The lowest BCUT2D eigenvalue weighted by Gasteiger charge is -2.02. The summed E-state index contributed by atoms with van der Waals surface area (Å²) in [5.74, 6) is -2.59. The number of halogens is 3. The molecule has 1 aromatic heterocycles. The van der Waals surface area contributed by atoms with Crippen molar-refractivity contribution in [2.75, 3.05) is 12.4 Å². The van der Waals surface area contributed by atoms with Crippen molar-refractivity contribution in [3.63, 3.8) is 0 Å². The highest BCUT2D eigenvalue weighted by Gasteiger charge is 2.36. The molecule has 1 rings (SSSR count). The molecule has 0 fully saturated rings. The molecule has 1 aromatic rings. The number of methoxy groups -OCH3 is 1. The number of ether oxygens (including phenoxy) is 1. The Labute approximate surface area is 104 Å². The van der Waals surface area contributed by atoms with Crippen molar-refractivity contribution in [2.45, 2.75) is 6.18 Å². The third-order valence-corrected chi connectivity index (χ3v) is 2.68. The Hall–Kier alpha value is -1.83. The van der Waals surface area contributed by atoms with Crippen LogP contribution in [0.2, 0.25) is 0 Å². The molecule has 8 heteroatoms. The van der Waals surface area contributed by atoms with Crippen LogP contribution < -0.4 is 5.32 Å². The number of anilines is 1. The van der Waals surface area contributed by atoms with Gasteiger partial charge >= 0.3 is 12.1 Å². The largest absolute Gasteiger partial charge is 0.465 e. The number of rotatable bonds is 4. The number of carbonyl (C=O) groups excluding carboxylic acids is 2. The topological polar surface area (TPSA) is 55.4 Å². The van der Waals surface area contributed by atoms with Crippen molar-refractivity contribution in [1.29, 1.82) is 0 Å². The van der Waals surface area contributed by atoms with E-state index in [1.54, 1.807) is 5.38 Å². The lowest BCUT2D eigenvalue weighted by molar-refractivity contribution is -0.165. The Bertz CT molecular complexity index is 479. The van der Waals surface area contributed by atoms with E-state index in [9.17, 15) is 22.8 Å². The molecular weight excluding hydrogens is 271 g/mol. The lowest BCUT2D eigenvalue weighted by Crippen LogP contribution is -2.20. The summed E-state index contributed by atoms with van der Waals surface area (Å²) in [5, 5.41) is 3.98. The van der Waals surface area contributed by atoms with Gasteiger partial charge in [-0.1, -0.05) is 0 Å². The van der Waals surface area contributed by atoms with E-state index >= 15 is 0 Å². The van der Waals surface area contributed by atoms with Gasteiger partial charge in [-0.2, -0.15) is 13.2 Å². The Morgan fingerprint density at radius 3 is 2.67 bits per heavy atom. The second-order valence-corrected chi connectivity index (χ2v) is 3.91. The predicted octanol–water partition coefficient (Wildman–Crippen LogP) is 2.59. The fraction of sp³-hybridized carbons (Fsp3) is 0.200. The molecule has 0 atom stereocenters. The average Bonchev–Trinajstić information content (AvgIpc) is 2.75. The maximum atomic E-state index is 11.9. The second-order valence-electron chi connectivity index (χ2n) is 2.99. The molecule has 1 heterocycles. The van der Waals surface area contributed by atoms with Crippen LogP contribution in [0.5, 0.6) is 0 Å². The lowest BCUT2D eigenvalue weighted by atomic mass is 10.3. The van der Waals surface area contributed by atoms with Crippen LogP contribution in [0.25, 0.3) is 0 Å². The summed E-state index contributed by atoms with van der Waals surface area (Å²) in [6, 6.07) is 1.49. The molecule has 0 saturated heterocycles. The summed E-state index contributed by atoms with van der Waals surface area (Å²) in [6.45, 7) is 0. The fourth-order valence-electron chi connectivity index (χ4n) is 0.975. The summed E-state index contributed by atoms with van der Waals surface area (Å²) in [4.78, 5) is 22.0.